The molecule has 0 aliphatic heterocycles. The van der Waals surface area contributed by atoms with Gasteiger partial charge in [0, 0.05) is 24.6 Å². The summed E-state index contributed by atoms with van der Waals surface area (Å²) in [5.74, 6) is 1.07. The molecule has 0 saturated carbocycles. The summed E-state index contributed by atoms with van der Waals surface area (Å²) in [4.78, 5) is 0. The van der Waals surface area contributed by atoms with Crippen molar-refractivity contribution < 1.29 is 4.52 Å². The molecule has 15 heavy (non-hydrogen) atoms. The zero-order valence-electron chi connectivity index (χ0n) is 10.3. The van der Waals surface area contributed by atoms with Gasteiger partial charge in [-0.3, -0.25) is 0 Å². The van der Waals surface area contributed by atoms with Crippen LogP contribution in [0.1, 0.15) is 51.1 Å². The van der Waals surface area contributed by atoms with Crippen molar-refractivity contribution in [3.63, 3.8) is 0 Å². The first kappa shape index (κ1) is 12.2. The fraction of sp³-hybridized carbons (Fsp3) is 0.750. The molecule has 3 heteroatoms. The summed E-state index contributed by atoms with van der Waals surface area (Å²) in [6, 6.07) is 0.487. The van der Waals surface area contributed by atoms with Crippen LogP contribution in [0.2, 0.25) is 0 Å². The van der Waals surface area contributed by atoms with Crippen LogP contribution in [-0.4, -0.2) is 11.2 Å². The summed E-state index contributed by atoms with van der Waals surface area (Å²) in [7, 11) is 0. The predicted molar refractivity (Wildman–Crippen MR) is 61.9 cm³/mol. The lowest BCUT2D eigenvalue weighted by Gasteiger charge is -2.06. The second-order valence-electron chi connectivity index (χ2n) is 4.17. The molecule has 1 heterocycles. The van der Waals surface area contributed by atoms with Crippen molar-refractivity contribution in [3.05, 3.63) is 17.0 Å². The van der Waals surface area contributed by atoms with Gasteiger partial charge in [-0.05, 0) is 12.8 Å². The van der Waals surface area contributed by atoms with Gasteiger partial charge in [0.2, 0.25) is 0 Å². The molecular weight excluding hydrogens is 188 g/mol. The van der Waals surface area contributed by atoms with Gasteiger partial charge < -0.3 is 9.84 Å². The van der Waals surface area contributed by atoms with Crippen LogP contribution in [0.5, 0.6) is 0 Å². The van der Waals surface area contributed by atoms with Crippen molar-refractivity contribution in [2.75, 3.05) is 0 Å². The molecule has 0 aliphatic rings. The third-order valence-corrected chi connectivity index (χ3v) is 2.46. The van der Waals surface area contributed by atoms with Gasteiger partial charge in [0.1, 0.15) is 11.5 Å². The highest BCUT2D eigenvalue weighted by atomic mass is 16.5. The Morgan fingerprint density at radius 2 is 2.07 bits per heavy atom. The van der Waals surface area contributed by atoms with E-state index in [1.165, 1.54) is 5.56 Å². The molecule has 1 aromatic rings. The molecule has 1 N–H and O–H groups in total. The van der Waals surface area contributed by atoms with Gasteiger partial charge in [-0.1, -0.05) is 32.9 Å². The van der Waals surface area contributed by atoms with E-state index in [1.54, 1.807) is 0 Å². The molecule has 0 bridgehead atoms. The van der Waals surface area contributed by atoms with Gasteiger partial charge in [-0.15, -0.1) is 0 Å². The Balaban J connectivity index is 2.70. The minimum Gasteiger partial charge on any atom is -0.361 e. The summed E-state index contributed by atoms with van der Waals surface area (Å²) in [5.41, 5.74) is 2.37. The number of aromatic nitrogens is 1. The van der Waals surface area contributed by atoms with Gasteiger partial charge >= 0.3 is 0 Å². The average Bonchev–Trinajstić information content (AvgIpc) is 2.58. The summed E-state index contributed by atoms with van der Waals surface area (Å²) in [5, 5.41) is 7.51. The summed E-state index contributed by atoms with van der Waals surface area (Å²) >= 11 is 0. The molecule has 0 aromatic carbocycles. The van der Waals surface area contributed by atoms with E-state index >= 15 is 0 Å². The van der Waals surface area contributed by atoms with Crippen molar-refractivity contribution in [2.45, 2.75) is 59.5 Å². The topological polar surface area (TPSA) is 38.1 Å². The number of aryl methyl sites for hydroxylation is 1. The summed E-state index contributed by atoms with van der Waals surface area (Å²) in [6.07, 6.45) is 3.12. The maximum atomic E-state index is 5.37. The average molecular weight is 210 g/mol. The van der Waals surface area contributed by atoms with E-state index in [4.69, 9.17) is 4.52 Å². The molecule has 0 spiro atoms. The molecular formula is C12H22N2O. The first-order valence-electron chi connectivity index (χ1n) is 5.88. The van der Waals surface area contributed by atoms with Crippen LogP contribution in [0.15, 0.2) is 4.52 Å². The lowest BCUT2D eigenvalue weighted by Crippen LogP contribution is -2.22. The van der Waals surface area contributed by atoms with E-state index in [0.29, 0.717) is 6.04 Å². The van der Waals surface area contributed by atoms with Crippen molar-refractivity contribution in [1.29, 1.82) is 0 Å². The maximum absolute atomic E-state index is 5.37. The minimum atomic E-state index is 0.487. The van der Waals surface area contributed by atoms with Crippen LogP contribution < -0.4 is 5.32 Å². The molecule has 86 valence electrons. The number of hydrogen-bond acceptors (Lipinski definition) is 3. The SMILES string of the molecule is CCCc1onc(CNC(C)C)c1CC. The first-order valence-corrected chi connectivity index (χ1v) is 5.88. The second kappa shape index (κ2) is 5.91. The van der Waals surface area contributed by atoms with Crippen LogP contribution in [0, 0.1) is 0 Å². The first-order chi connectivity index (χ1) is 7.19. The van der Waals surface area contributed by atoms with Gasteiger partial charge in [-0.25, -0.2) is 0 Å². The summed E-state index contributed by atoms with van der Waals surface area (Å²) < 4.78 is 5.37. The fourth-order valence-electron chi connectivity index (χ4n) is 1.65. The van der Waals surface area contributed by atoms with E-state index in [2.05, 4.69) is 38.2 Å². The third-order valence-electron chi connectivity index (χ3n) is 2.46. The molecule has 1 aromatic heterocycles. The zero-order chi connectivity index (χ0) is 11.3. The zero-order valence-corrected chi connectivity index (χ0v) is 10.3. The highest BCUT2D eigenvalue weighted by Gasteiger charge is 2.13. The normalized spacial score (nSPS) is 11.3. The highest BCUT2D eigenvalue weighted by molar-refractivity contribution is 5.23. The molecule has 0 saturated heterocycles. The maximum Gasteiger partial charge on any atom is 0.140 e. The van der Waals surface area contributed by atoms with Crippen LogP contribution in [0.4, 0.5) is 0 Å². The molecule has 0 atom stereocenters. The van der Waals surface area contributed by atoms with E-state index in [1.807, 2.05) is 0 Å². The Morgan fingerprint density at radius 3 is 2.60 bits per heavy atom. The van der Waals surface area contributed by atoms with Crippen molar-refractivity contribution >= 4 is 0 Å². The lowest BCUT2D eigenvalue weighted by atomic mass is 10.1. The standard InChI is InChI=1S/C12H22N2O/c1-5-7-12-10(6-2)11(14-15-12)8-13-9(3)4/h9,13H,5-8H2,1-4H3. The van der Waals surface area contributed by atoms with Crippen molar-refractivity contribution in [3.8, 4) is 0 Å². The smallest absolute Gasteiger partial charge is 0.140 e. The Labute approximate surface area is 92.2 Å². The molecule has 0 aliphatic carbocycles. The molecule has 0 radical (unpaired) electrons. The van der Waals surface area contributed by atoms with E-state index < -0.39 is 0 Å². The van der Waals surface area contributed by atoms with Crippen molar-refractivity contribution in [1.82, 2.24) is 10.5 Å². The predicted octanol–water partition coefficient (Wildman–Crippen LogP) is 2.69. The summed E-state index contributed by atoms with van der Waals surface area (Å²) in [6.45, 7) is 9.41. The van der Waals surface area contributed by atoms with E-state index in [0.717, 1.165) is 37.3 Å². The van der Waals surface area contributed by atoms with E-state index in [9.17, 15) is 0 Å². The minimum absolute atomic E-state index is 0.487. The number of nitrogens with zero attached hydrogens (tertiary/aromatic N) is 1. The largest absolute Gasteiger partial charge is 0.361 e. The quantitative estimate of drug-likeness (QED) is 0.784. The number of rotatable bonds is 6. The number of hydrogen-bond donors (Lipinski definition) is 1. The van der Waals surface area contributed by atoms with Gasteiger partial charge in [0.25, 0.3) is 0 Å². The van der Waals surface area contributed by atoms with Crippen LogP contribution in [-0.2, 0) is 19.4 Å². The van der Waals surface area contributed by atoms with E-state index in [-0.39, 0.29) is 0 Å². The Kier molecular flexibility index (Phi) is 4.82. The van der Waals surface area contributed by atoms with Gasteiger partial charge in [0.05, 0.1) is 0 Å². The molecule has 3 nitrogen and oxygen atoms in total. The molecule has 0 amide bonds. The Bertz CT molecular complexity index is 292. The number of nitrogens with one attached hydrogen (secondary N) is 1. The van der Waals surface area contributed by atoms with Crippen LogP contribution in [0.3, 0.4) is 0 Å². The highest BCUT2D eigenvalue weighted by Crippen LogP contribution is 2.16. The molecule has 1 rings (SSSR count). The van der Waals surface area contributed by atoms with Crippen LogP contribution in [0.25, 0.3) is 0 Å². The van der Waals surface area contributed by atoms with Gasteiger partial charge in [-0.2, -0.15) is 0 Å². The third kappa shape index (κ3) is 3.34. The monoisotopic (exact) mass is 210 g/mol. The molecule has 0 unspecified atom stereocenters. The van der Waals surface area contributed by atoms with Gasteiger partial charge in [0.15, 0.2) is 0 Å². The Morgan fingerprint density at radius 1 is 1.33 bits per heavy atom. The fourth-order valence-corrected chi connectivity index (χ4v) is 1.65. The molecule has 0 fully saturated rings. The van der Waals surface area contributed by atoms with Crippen LogP contribution >= 0.6 is 0 Å². The Hall–Kier alpha value is -0.830. The van der Waals surface area contributed by atoms with Crippen molar-refractivity contribution in [2.24, 2.45) is 0 Å². The lowest BCUT2D eigenvalue weighted by molar-refractivity contribution is 0.372. The second-order valence-corrected chi connectivity index (χ2v) is 4.17.